The molecule has 1 atom stereocenters. The van der Waals surface area contributed by atoms with E-state index < -0.39 is 0 Å². The molecule has 0 saturated carbocycles. The van der Waals surface area contributed by atoms with E-state index in [-0.39, 0.29) is 12.4 Å². The molecule has 0 amide bonds. The van der Waals surface area contributed by atoms with E-state index in [4.69, 9.17) is 0 Å². The highest BCUT2D eigenvalue weighted by Crippen LogP contribution is 2.36. The number of benzene rings is 1. The Bertz CT molecular complexity index is 415. The Morgan fingerprint density at radius 2 is 2.00 bits per heavy atom. The Balaban J connectivity index is 0.00000162. The summed E-state index contributed by atoms with van der Waals surface area (Å²) in [5, 5.41) is 9.96. The van der Waals surface area contributed by atoms with Crippen LogP contribution in [-0.2, 0) is 0 Å². The van der Waals surface area contributed by atoms with Crippen LogP contribution in [0.5, 0.6) is 5.75 Å². The van der Waals surface area contributed by atoms with Crippen molar-refractivity contribution in [2.45, 2.75) is 19.3 Å². The zero-order valence-corrected chi connectivity index (χ0v) is 11.9. The normalized spacial score (nSPS) is 19.3. The third-order valence-electron chi connectivity index (χ3n) is 3.36. The number of phenolic OH excluding ortho intramolecular Hbond substituents is 1. The van der Waals surface area contributed by atoms with Gasteiger partial charge in [-0.05, 0) is 50.9 Å². The fourth-order valence-electron chi connectivity index (χ4n) is 2.62. The van der Waals surface area contributed by atoms with Crippen LogP contribution in [0.15, 0.2) is 30.3 Å². The first-order chi connectivity index (χ1) is 8.18. The van der Waals surface area contributed by atoms with Crippen LogP contribution in [0, 0.1) is 5.92 Å². The lowest BCUT2D eigenvalue weighted by Gasteiger charge is -2.27. The molecule has 2 nitrogen and oxygen atoms in total. The number of aromatic hydroxyl groups is 1. The summed E-state index contributed by atoms with van der Waals surface area (Å²) < 4.78 is 0. The molecule has 1 aromatic rings. The fraction of sp³-hybridized carbons (Fsp3) is 0.467. The van der Waals surface area contributed by atoms with Crippen molar-refractivity contribution in [3.05, 3.63) is 35.9 Å². The third kappa shape index (κ3) is 3.50. The SMILES string of the molecule is CN(C)C[C@H]1CCCC=C1c1ccccc1O.Cl. The topological polar surface area (TPSA) is 23.5 Å². The smallest absolute Gasteiger partial charge is 0.123 e. The van der Waals surface area contributed by atoms with Crippen molar-refractivity contribution in [3.63, 3.8) is 0 Å². The van der Waals surface area contributed by atoms with Crippen LogP contribution in [0.1, 0.15) is 24.8 Å². The van der Waals surface area contributed by atoms with Crippen LogP contribution in [0.25, 0.3) is 5.57 Å². The van der Waals surface area contributed by atoms with Gasteiger partial charge in [0.1, 0.15) is 5.75 Å². The van der Waals surface area contributed by atoms with Gasteiger partial charge in [-0.25, -0.2) is 0 Å². The first kappa shape index (κ1) is 15.1. The molecule has 0 heterocycles. The molecule has 0 saturated heterocycles. The molecule has 0 radical (unpaired) electrons. The minimum Gasteiger partial charge on any atom is -0.507 e. The van der Waals surface area contributed by atoms with Crippen LogP contribution < -0.4 is 0 Å². The van der Waals surface area contributed by atoms with Gasteiger partial charge in [-0.2, -0.15) is 0 Å². The van der Waals surface area contributed by atoms with Crippen LogP contribution in [-0.4, -0.2) is 30.6 Å². The van der Waals surface area contributed by atoms with Crippen LogP contribution in [0.3, 0.4) is 0 Å². The Labute approximate surface area is 116 Å². The maximum absolute atomic E-state index is 9.96. The lowest BCUT2D eigenvalue weighted by Crippen LogP contribution is -2.24. The van der Waals surface area contributed by atoms with Crippen LogP contribution in [0.4, 0.5) is 0 Å². The molecule has 1 N–H and O–H groups in total. The lowest BCUT2D eigenvalue weighted by molar-refractivity contribution is 0.346. The highest BCUT2D eigenvalue weighted by molar-refractivity contribution is 5.85. The van der Waals surface area contributed by atoms with E-state index in [9.17, 15) is 5.11 Å². The van der Waals surface area contributed by atoms with Gasteiger partial charge in [-0.3, -0.25) is 0 Å². The lowest BCUT2D eigenvalue weighted by atomic mass is 9.83. The molecule has 1 aliphatic carbocycles. The summed E-state index contributed by atoms with van der Waals surface area (Å²) in [4.78, 5) is 2.23. The summed E-state index contributed by atoms with van der Waals surface area (Å²) in [6.45, 7) is 1.06. The molecule has 0 aliphatic heterocycles. The van der Waals surface area contributed by atoms with Gasteiger partial charge >= 0.3 is 0 Å². The van der Waals surface area contributed by atoms with E-state index in [1.54, 1.807) is 6.07 Å². The average Bonchev–Trinajstić information content (AvgIpc) is 2.30. The van der Waals surface area contributed by atoms with Crippen molar-refractivity contribution in [1.82, 2.24) is 4.90 Å². The van der Waals surface area contributed by atoms with E-state index in [2.05, 4.69) is 25.1 Å². The first-order valence-corrected chi connectivity index (χ1v) is 6.31. The van der Waals surface area contributed by atoms with Gasteiger partial charge in [0, 0.05) is 12.1 Å². The molecule has 3 heteroatoms. The number of rotatable bonds is 3. The van der Waals surface area contributed by atoms with Gasteiger partial charge in [-0.1, -0.05) is 24.3 Å². The Morgan fingerprint density at radius 1 is 1.28 bits per heavy atom. The fourth-order valence-corrected chi connectivity index (χ4v) is 2.62. The summed E-state index contributed by atoms with van der Waals surface area (Å²) in [5.74, 6) is 0.955. The van der Waals surface area contributed by atoms with Crippen molar-refractivity contribution in [2.24, 2.45) is 5.92 Å². The monoisotopic (exact) mass is 267 g/mol. The molecular weight excluding hydrogens is 246 g/mol. The van der Waals surface area contributed by atoms with Gasteiger partial charge in [0.2, 0.25) is 0 Å². The highest BCUT2D eigenvalue weighted by atomic mass is 35.5. The van der Waals surface area contributed by atoms with E-state index in [0.717, 1.165) is 18.5 Å². The molecule has 1 aliphatic rings. The average molecular weight is 268 g/mol. The van der Waals surface area contributed by atoms with Gasteiger partial charge in [-0.15, -0.1) is 12.4 Å². The summed E-state index contributed by atoms with van der Waals surface area (Å²) in [6, 6.07) is 7.67. The molecule has 0 aromatic heterocycles. The molecule has 0 fully saturated rings. The van der Waals surface area contributed by atoms with Gasteiger partial charge in [0.05, 0.1) is 0 Å². The zero-order valence-electron chi connectivity index (χ0n) is 11.1. The second kappa shape index (κ2) is 6.81. The molecule has 0 spiro atoms. The molecule has 2 rings (SSSR count). The Kier molecular flexibility index (Phi) is 5.70. The molecule has 18 heavy (non-hydrogen) atoms. The number of allylic oxidation sites excluding steroid dienone is 1. The van der Waals surface area contributed by atoms with E-state index in [0.29, 0.717) is 11.7 Å². The quantitative estimate of drug-likeness (QED) is 0.905. The summed E-state index contributed by atoms with van der Waals surface area (Å²) in [7, 11) is 4.22. The number of halogens is 1. The minimum absolute atomic E-state index is 0. The summed E-state index contributed by atoms with van der Waals surface area (Å²) >= 11 is 0. The van der Waals surface area contributed by atoms with Crippen molar-refractivity contribution in [2.75, 3.05) is 20.6 Å². The first-order valence-electron chi connectivity index (χ1n) is 6.31. The zero-order chi connectivity index (χ0) is 12.3. The molecule has 0 unspecified atom stereocenters. The van der Waals surface area contributed by atoms with Crippen LogP contribution >= 0.6 is 12.4 Å². The van der Waals surface area contributed by atoms with E-state index in [1.807, 2.05) is 18.2 Å². The molecule has 100 valence electrons. The number of hydrogen-bond acceptors (Lipinski definition) is 2. The number of hydrogen-bond donors (Lipinski definition) is 1. The van der Waals surface area contributed by atoms with Crippen molar-refractivity contribution >= 4 is 18.0 Å². The molecule has 0 bridgehead atoms. The number of phenols is 1. The highest BCUT2D eigenvalue weighted by Gasteiger charge is 2.21. The summed E-state index contributed by atoms with van der Waals surface area (Å²) in [6.07, 6.45) is 5.91. The maximum Gasteiger partial charge on any atom is 0.123 e. The van der Waals surface area contributed by atoms with Crippen molar-refractivity contribution in [3.8, 4) is 5.75 Å². The Morgan fingerprint density at radius 3 is 2.67 bits per heavy atom. The number of para-hydroxylation sites is 1. The van der Waals surface area contributed by atoms with Crippen molar-refractivity contribution in [1.29, 1.82) is 0 Å². The van der Waals surface area contributed by atoms with Gasteiger partial charge < -0.3 is 10.0 Å². The third-order valence-corrected chi connectivity index (χ3v) is 3.36. The Hall–Kier alpha value is -0.990. The van der Waals surface area contributed by atoms with Gasteiger partial charge in [0.25, 0.3) is 0 Å². The number of nitrogens with zero attached hydrogens (tertiary/aromatic N) is 1. The maximum atomic E-state index is 9.96. The minimum atomic E-state index is 0. The predicted octanol–water partition coefficient (Wildman–Crippen LogP) is 3.56. The molecular formula is C15H22ClNO. The second-order valence-electron chi connectivity index (χ2n) is 5.07. The largest absolute Gasteiger partial charge is 0.507 e. The molecule has 1 aromatic carbocycles. The second-order valence-corrected chi connectivity index (χ2v) is 5.07. The summed E-state index contributed by atoms with van der Waals surface area (Å²) in [5.41, 5.74) is 2.34. The predicted molar refractivity (Wildman–Crippen MR) is 79.2 cm³/mol. The van der Waals surface area contributed by atoms with Crippen molar-refractivity contribution < 1.29 is 5.11 Å². The van der Waals surface area contributed by atoms with Gasteiger partial charge in [0.15, 0.2) is 0 Å². The van der Waals surface area contributed by atoms with Crippen LogP contribution in [0.2, 0.25) is 0 Å². The standard InChI is InChI=1S/C15H21NO.ClH/c1-16(2)11-12-7-3-4-8-13(12)14-9-5-6-10-15(14)17;/h5-6,8-10,12,17H,3-4,7,11H2,1-2H3;1H/t12-;/m1./s1. The van der Waals surface area contributed by atoms with E-state index >= 15 is 0 Å². The van der Waals surface area contributed by atoms with E-state index in [1.165, 1.54) is 18.4 Å².